The van der Waals surface area contributed by atoms with E-state index in [0.717, 1.165) is 61.8 Å². The van der Waals surface area contributed by atoms with Gasteiger partial charge in [0.1, 0.15) is 5.84 Å². The van der Waals surface area contributed by atoms with Crippen molar-refractivity contribution in [2.24, 2.45) is 20.9 Å². The van der Waals surface area contributed by atoms with Gasteiger partial charge in [-0.05, 0) is 37.8 Å². The third-order valence-electron chi connectivity index (χ3n) is 6.43. The predicted molar refractivity (Wildman–Crippen MR) is 132 cm³/mol. The van der Waals surface area contributed by atoms with Gasteiger partial charge in [0.25, 0.3) is 0 Å². The van der Waals surface area contributed by atoms with Crippen LogP contribution in [-0.4, -0.2) is 62.3 Å². The number of carbonyl (C=O) groups excluding carboxylic acids is 1. The van der Waals surface area contributed by atoms with E-state index in [2.05, 4.69) is 56.1 Å². The Labute approximate surface area is 190 Å². The molecule has 0 spiro atoms. The van der Waals surface area contributed by atoms with E-state index in [9.17, 15) is 4.79 Å². The van der Waals surface area contributed by atoms with E-state index in [1.54, 1.807) is 12.4 Å². The molecule has 0 bridgehead atoms. The molecule has 0 unspecified atom stereocenters. The minimum absolute atomic E-state index is 0.268. The summed E-state index contributed by atoms with van der Waals surface area (Å²) in [5, 5.41) is 3.15. The van der Waals surface area contributed by atoms with Gasteiger partial charge in [-0.15, -0.1) is 0 Å². The van der Waals surface area contributed by atoms with Crippen LogP contribution in [-0.2, 0) is 4.79 Å². The molecule has 7 heteroatoms. The Hall–Kier alpha value is -3.22. The monoisotopic (exact) mass is 432 g/mol. The topological polar surface area (TPSA) is 72.7 Å². The van der Waals surface area contributed by atoms with Crippen LogP contribution in [0.5, 0.6) is 0 Å². The highest BCUT2D eigenvalue weighted by atomic mass is 16.2. The van der Waals surface area contributed by atoms with Gasteiger partial charge in [-0.2, -0.15) is 0 Å². The van der Waals surface area contributed by atoms with Crippen LogP contribution >= 0.6 is 0 Å². The van der Waals surface area contributed by atoms with Crippen molar-refractivity contribution in [2.75, 3.05) is 38.1 Å². The number of allylic oxidation sites excluding steroid dienone is 1. The van der Waals surface area contributed by atoms with Crippen molar-refractivity contribution < 1.29 is 4.79 Å². The van der Waals surface area contributed by atoms with Crippen molar-refractivity contribution in [2.45, 2.75) is 32.1 Å². The van der Waals surface area contributed by atoms with Gasteiger partial charge in [0, 0.05) is 69.2 Å². The number of nitrogens with zero attached hydrogens (tertiary/aromatic N) is 5. The Morgan fingerprint density at radius 3 is 2.50 bits per heavy atom. The number of aliphatic imine (C=N–C) groups is 3. The maximum Gasteiger partial charge on any atom is 0.225 e. The van der Waals surface area contributed by atoms with E-state index in [4.69, 9.17) is 4.99 Å². The Morgan fingerprint density at radius 2 is 1.84 bits per heavy atom. The summed E-state index contributed by atoms with van der Waals surface area (Å²) in [4.78, 5) is 30.0. The average molecular weight is 433 g/mol. The second-order valence-corrected chi connectivity index (χ2v) is 8.46. The number of piperazine rings is 1. The Bertz CT molecular complexity index is 945. The van der Waals surface area contributed by atoms with Crippen LogP contribution in [0.2, 0.25) is 0 Å². The summed E-state index contributed by atoms with van der Waals surface area (Å²) in [6.07, 6.45) is 10.4. The zero-order valence-corrected chi connectivity index (χ0v) is 18.8. The molecule has 1 saturated heterocycles. The van der Waals surface area contributed by atoms with Gasteiger partial charge < -0.3 is 15.1 Å². The van der Waals surface area contributed by atoms with E-state index in [0.29, 0.717) is 12.3 Å². The Morgan fingerprint density at radius 1 is 1.12 bits per heavy atom. The van der Waals surface area contributed by atoms with E-state index in [1.807, 2.05) is 13.1 Å². The summed E-state index contributed by atoms with van der Waals surface area (Å²) in [5.74, 6) is 1.52. The molecule has 32 heavy (non-hydrogen) atoms. The van der Waals surface area contributed by atoms with Crippen LogP contribution in [0.15, 0.2) is 57.7 Å². The van der Waals surface area contributed by atoms with Crippen LogP contribution in [0.4, 0.5) is 5.69 Å². The van der Waals surface area contributed by atoms with E-state index >= 15 is 0 Å². The molecule has 0 radical (unpaired) electrons. The lowest BCUT2D eigenvalue weighted by Crippen LogP contribution is -2.50. The quantitative estimate of drug-likeness (QED) is 0.724. The van der Waals surface area contributed by atoms with E-state index in [-0.39, 0.29) is 5.92 Å². The number of amidine groups is 1. The van der Waals surface area contributed by atoms with Gasteiger partial charge in [-0.3, -0.25) is 14.8 Å². The maximum absolute atomic E-state index is 12.7. The fourth-order valence-corrected chi connectivity index (χ4v) is 4.61. The minimum atomic E-state index is 0.268. The van der Waals surface area contributed by atoms with Crippen molar-refractivity contribution in [1.29, 1.82) is 0 Å². The summed E-state index contributed by atoms with van der Waals surface area (Å²) in [6.45, 7) is 6.81. The summed E-state index contributed by atoms with van der Waals surface area (Å²) in [5.41, 5.74) is 4.05. The van der Waals surface area contributed by atoms with Crippen LogP contribution in [0.1, 0.15) is 37.7 Å². The average Bonchev–Trinajstić information content (AvgIpc) is 3.39. The van der Waals surface area contributed by atoms with Crippen LogP contribution in [0.3, 0.4) is 0 Å². The number of nitrogens with one attached hydrogen (secondary N) is 1. The summed E-state index contributed by atoms with van der Waals surface area (Å²) in [7, 11) is 1.88. The second-order valence-electron chi connectivity index (χ2n) is 8.46. The largest absolute Gasteiger partial charge is 0.376 e. The minimum Gasteiger partial charge on any atom is -0.376 e. The van der Waals surface area contributed by atoms with Crippen molar-refractivity contribution in [3.8, 4) is 0 Å². The molecule has 0 atom stereocenters. The molecule has 7 nitrogen and oxygen atoms in total. The number of anilines is 1. The number of hydrogen-bond donors (Lipinski definition) is 1. The number of benzene rings is 1. The molecule has 3 aliphatic rings. The Balaban J connectivity index is 1.41. The molecule has 1 aromatic rings. The molecule has 1 amide bonds. The van der Waals surface area contributed by atoms with Crippen molar-refractivity contribution >= 4 is 35.6 Å². The number of hydrogen-bond acceptors (Lipinski definition) is 6. The molecule has 2 fully saturated rings. The maximum atomic E-state index is 12.7. The summed E-state index contributed by atoms with van der Waals surface area (Å²) >= 11 is 0. The lowest BCUT2D eigenvalue weighted by atomic mass is 10.0. The molecule has 2 aliphatic heterocycles. The van der Waals surface area contributed by atoms with Gasteiger partial charge in [0.2, 0.25) is 5.91 Å². The van der Waals surface area contributed by atoms with Gasteiger partial charge in [-0.1, -0.05) is 25.0 Å². The lowest BCUT2D eigenvalue weighted by Gasteiger charge is -2.37. The van der Waals surface area contributed by atoms with Crippen LogP contribution < -0.4 is 10.2 Å². The first-order valence-electron chi connectivity index (χ1n) is 11.5. The SMILES string of the molecule is C=N/C=C\N=C1\C=C(c2ccc(N3CCN(C(=O)C4CCCC4)CC3)cc2)N=C(NC)C1. The highest BCUT2D eigenvalue weighted by Crippen LogP contribution is 2.28. The molecule has 1 aliphatic carbocycles. The lowest BCUT2D eigenvalue weighted by molar-refractivity contribution is -0.135. The Kier molecular flexibility index (Phi) is 7.14. The fraction of sp³-hybridized carbons (Fsp3) is 0.440. The molecular weight excluding hydrogens is 400 g/mol. The summed E-state index contributed by atoms with van der Waals surface area (Å²) in [6, 6.07) is 8.51. The number of rotatable bonds is 5. The van der Waals surface area contributed by atoms with E-state index in [1.165, 1.54) is 18.5 Å². The molecule has 2 heterocycles. The predicted octanol–water partition coefficient (Wildman–Crippen LogP) is 3.50. The van der Waals surface area contributed by atoms with Gasteiger partial charge in [-0.25, -0.2) is 4.99 Å². The highest BCUT2D eigenvalue weighted by molar-refractivity contribution is 6.15. The van der Waals surface area contributed by atoms with Crippen molar-refractivity contribution in [3.05, 3.63) is 48.3 Å². The first-order chi connectivity index (χ1) is 15.7. The van der Waals surface area contributed by atoms with E-state index < -0.39 is 0 Å². The molecule has 0 aromatic heterocycles. The normalized spacial score (nSPS) is 21.1. The van der Waals surface area contributed by atoms with Crippen molar-refractivity contribution in [3.63, 3.8) is 0 Å². The third kappa shape index (κ3) is 5.15. The van der Waals surface area contributed by atoms with Crippen LogP contribution in [0.25, 0.3) is 5.70 Å². The van der Waals surface area contributed by atoms with Crippen LogP contribution in [0, 0.1) is 5.92 Å². The zero-order valence-electron chi connectivity index (χ0n) is 18.8. The number of amides is 1. The highest BCUT2D eigenvalue weighted by Gasteiger charge is 2.29. The molecule has 1 saturated carbocycles. The van der Waals surface area contributed by atoms with Gasteiger partial charge in [0.05, 0.1) is 11.4 Å². The first kappa shape index (κ1) is 22.0. The smallest absolute Gasteiger partial charge is 0.225 e. The van der Waals surface area contributed by atoms with Gasteiger partial charge in [0.15, 0.2) is 0 Å². The fourth-order valence-electron chi connectivity index (χ4n) is 4.61. The molecular formula is C25H32N6O. The summed E-state index contributed by atoms with van der Waals surface area (Å²) < 4.78 is 0. The zero-order chi connectivity index (χ0) is 22.3. The second kappa shape index (κ2) is 10.4. The molecule has 1 N–H and O–H groups in total. The molecule has 4 rings (SSSR count). The van der Waals surface area contributed by atoms with Gasteiger partial charge >= 0.3 is 0 Å². The van der Waals surface area contributed by atoms with Crippen molar-refractivity contribution in [1.82, 2.24) is 10.2 Å². The molecule has 1 aromatic carbocycles. The third-order valence-corrected chi connectivity index (χ3v) is 6.43. The standard InChI is InChI=1S/C25H32N6O/c1-26-11-12-28-21-17-23(29-24(18-21)27-2)19-7-9-22(10-8-19)30-13-15-31(16-14-30)25(32)20-5-3-4-6-20/h7-12,17,20H,1,3-6,13-16,18H2,2H3,(H,27,29)/b12-11-,28-21-. The first-order valence-corrected chi connectivity index (χ1v) is 11.5. The molecule has 168 valence electrons. The number of carbonyl (C=O) groups is 1.